The van der Waals surface area contributed by atoms with Crippen molar-refractivity contribution < 1.29 is 14.3 Å². The summed E-state index contributed by atoms with van der Waals surface area (Å²) in [4.78, 5) is 12.1. The van der Waals surface area contributed by atoms with E-state index in [9.17, 15) is 9.90 Å². The first-order chi connectivity index (χ1) is 12.6. The molecular formula is C23H34O3Si. The predicted octanol–water partition coefficient (Wildman–Crippen LogP) is 5.51. The van der Waals surface area contributed by atoms with Crippen molar-refractivity contribution in [2.45, 2.75) is 83.2 Å². The van der Waals surface area contributed by atoms with Crippen molar-refractivity contribution >= 4 is 15.0 Å². The summed E-state index contributed by atoms with van der Waals surface area (Å²) >= 11 is 0. The maximum absolute atomic E-state index is 12.1. The van der Waals surface area contributed by atoms with Crippen LogP contribution in [0.15, 0.2) is 12.1 Å². The highest BCUT2D eigenvalue weighted by molar-refractivity contribution is 6.49. The molecule has 4 aliphatic rings. The highest BCUT2D eigenvalue weighted by Crippen LogP contribution is 2.63. The van der Waals surface area contributed by atoms with Gasteiger partial charge in [-0.3, -0.25) is 0 Å². The third-order valence-corrected chi connectivity index (χ3v) is 7.83. The summed E-state index contributed by atoms with van der Waals surface area (Å²) in [7, 11) is -1.43. The number of rotatable bonds is 4. The van der Waals surface area contributed by atoms with E-state index in [4.69, 9.17) is 4.43 Å². The number of carboxylic acid groups (broad SMARTS) is 1. The Labute approximate surface area is 165 Å². The highest BCUT2D eigenvalue weighted by atomic mass is 28.3. The minimum absolute atomic E-state index is 0.0215. The normalized spacial score (nSPS) is 32.1. The van der Waals surface area contributed by atoms with Crippen molar-refractivity contribution in [3.63, 3.8) is 0 Å². The Morgan fingerprint density at radius 1 is 1.07 bits per heavy atom. The number of benzene rings is 1. The molecule has 148 valence electrons. The van der Waals surface area contributed by atoms with Crippen LogP contribution >= 0.6 is 0 Å². The van der Waals surface area contributed by atoms with E-state index in [0.717, 1.165) is 23.5 Å². The van der Waals surface area contributed by atoms with Gasteiger partial charge in [-0.15, -0.1) is 0 Å². The van der Waals surface area contributed by atoms with E-state index in [-0.39, 0.29) is 10.8 Å². The number of hydrogen-bond donors (Lipinski definition) is 1. The summed E-state index contributed by atoms with van der Waals surface area (Å²) in [5.41, 5.74) is 3.05. The molecule has 0 aliphatic heterocycles. The predicted molar refractivity (Wildman–Crippen MR) is 111 cm³/mol. The maximum atomic E-state index is 12.1. The molecule has 4 bridgehead atoms. The number of hydrogen-bond acceptors (Lipinski definition) is 2. The Morgan fingerprint density at radius 2 is 1.59 bits per heavy atom. The zero-order valence-corrected chi connectivity index (χ0v) is 18.6. The monoisotopic (exact) mass is 386 g/mol. The van der Waals surface area contributed by atoms with E-state index in [1.165, 1.54) is 49.7 Å². The lowest BCUT2D eigenvalue weighted by atomic mass is 9.47. The topological polar surface area (TPSA) is 46.5 Å². The van der Waals surface area contributed by atoms with Crippen LogP contribution in [0.5, 0.6) is 5.75 Å². The molecule has 4 heteroatoms. The molecule has 0 aromatic heterocycles. The van der Waals surface area contributed by atoms with Crippen LogP contribution in [0.25, 0.3) is 0 Å². The second kappa shape index (κ2) is 6.37. The van der Waals surface area contributed by atoms with Crippen LogP contribution in [0, 0.1) is 17.8 Å². The second-order valence-corrected chi connectivity index (χ2v) is 13.1. The van der Waals surface area contributed by atoms with Gasteiger partial charge in [-0.25, -0.2) is 4.79 Å². The first kappa shape index (κ1) is 19.0. The molecule has 1 aromatic rings. The van der Waals surface area contributed by atoms with Crippen molar-refractivity contribution in [3.8, 4) is 5.75 Å². The summed E-state index contributed by atoms with van der Waals surface area (Å²) in [5, 5.41) is 9.91. The van der Waals surface area contributed by atoms with Crippen LogP contribution in [0.3, 0.4) is 0 Å². The SMILES string of the molecule is C[SiH](C)Oc1c(C(=O)O)ccc(C(C)(C)C)c1C12CC3CC(CC(C3)C1)C2. The van der Waals surface area contributed by atoms with Gasteiger partial charge in [-0.05, 0) is 86.4 Å². The summed E-state index contributed by atoms with van der Waals surface area (Å²) in [6.45, 7) is 11.0. The van der Waals surface area contributed by atoms with E-state index in [0.29, 0.717) is 5.56 Å². The van der Waals surface area contributed by atoms with Crippen molar-refractivity contribution in [3.05, 3.63) is 28.8 Å². The minimum atomic E-state index is -1.43. The third-order valence-electron chi connectivity index (χ3n) is 7.12. The van der Waals surface area contributed by atoms with E-state index in [1.54, 1.807) is 6.07 Å². The average molecular weight is 387 g/mol. The van der Waals surface area contributed by atoms with Gasteiger partial charge in [-0.2, -0.15) is 0 Å². The Bertz CT molecular complexity index is 724. The lowest BCUT2D eigenvalue weighted by Crippen LogP contribution is -2.49. The Hall–Kier alpha value is -1.29. The highest BCUT2D eigenvalue weighted by Gasteiger charge is 2.54. The molecule has 0 saturated heterocycles. The van der Waals surface area contributed by atoms with Gasteiger partial charge < -0.3 is 9.53 Å². The van der Waals surface area contributed by atoms with Crippen molar-refractivity contribution in [1.82, 2.24) is 0 Å². The molecule has 0 heterocycles. The van der Waals surface area contributed by atoms with Gasteiger partial charge in [0.25, 0.3) is 0 Å². The molecule has 0 amide bonds. The number of aromatic carboxylic acids is 1. The Morgan fingerprint density at radius 3 is 2.00 bits per heavy atom. The first-order valence-corrected chi connectivity index (χ1v) is 13.4. The van der Waals surface area contributed by atoms with Crippen LogP contribution < -0.4 is 4.43 Å². The summed E-state index contributed by atoms with van der Waals surface area (Å²) < 4.78 is 6.42. The first-order valence-electron chi connectivity index (χ1n) is 10.7. The largest absolute Gasteiger partial charge is 0.546 e. The summed E-state index contributed by atoms with van der Waals surface area (Å²) in [5.74, 6) is 2.33. The third kappa shape index (κ3) is 3.24. The van der Waals surface area contributed by atoms with Gasteiger partial charge in [0.15, 0.2) is 0 Å². The average Bonchev–Trinajstić information content (AvgIpc) is 2.51. The molecule has 4 saturated carbocycles. The number of carboxylic acids is 1. The molecule has 4 aliphatic carbocycles. The summed E-state index contributed by atoms with van der Waals surface area (Å²) in [6.07, 6.45) is 7.83. The number of carbonyl (C=O) groups is 1. The molecule has 3 nitrogen and oxygen atoms in total. The lowest BCUT2D eigenvalue weighted by molar-refractivity contribution is -0.00662. The van der Waals surface area contributed by atoms with E-state index >= 15 is 0 Å². The Balaban J connectivity index is 1.96. The molecule has 0 spiro atoms. The fourth-order valence-corrected chi connectivity index (χ4v) is 7.39. The van der Waals surface area contributed by atoms with Gasteiger partial charge in [-0.1, -0.05) is 26.8 Å². The molecule has 0 radical (unpaired) electrons. The molecule has 4 fully saturated rings. The van der Waals surface area contributed by atoms with Gasteiger partial charge in [0.05, 0.1) is 0 Å². The zero-order chi connectivity index (χ0) is 19.6. The van der Waals surface area contributed by atoms with Crippen LogP contribution in [0.2, 0.25) is 13.1 Å². The van der Waals surface area contributed by atoms with E-state index in [2.05, 4.69) is 39.9 Å². The van der Waals surface area contributed by atoms with E-state index < -0.39 is 15.0 Å². The minimum Gasteiger partial charge on any atom is -0.546 e. The molecular weight excluding hydrogens is 352 g/mol. The smallest absolute Gasteiger partial charge is 0.339 e. The quantitative estimate of drug-likeness (QED) is 0.694. The zero-order valence-electron chi connectivity index (χ0n) is 17.5. The second-order valence-electron chi connectivity index (χ2n) is 10.8. The maximum Gasteiger partial charge on any atom is 0.339 e. The molecule has 5 rings (SSSR count). The van der Waals surface area contributed by atoms with Crippen LogP contribution in [0.4, 0.5) is 0 Å². The van der Waals surface area contributed by atoms with E-state index in [1.807, 2.05) is 0 Å². The fourth-order valence-electron chi connectivity index (χ4n) is 6.68. The lowest BCUT2D eigenvalue weighted by Gasteiger charge is -2.58. The van der Waals surface area contributed by atoms with Crippen molar-refractivity contribution in [2.24, 2.45) is 17.8 Å². The summed E-state index contributed by atoms with van der Waals surface area (Å²) in [6, 6.07) is 3.88. The Kier molecular flexibility index (Phi) is 4.49. The van der Waals surface area contributed by atoms with Gasteiger partial charge >= 0.3 is 5.97 Å². The van der Waals surface area contributed by atoms with Crippen molar-refractivity contribution in [2.75, 3.05) is 0 Å². The molecule has 27 heavy (non-hydrogen) atoms. The molecule has 0 unspecified atom stereocenters. The van der Waals surface area contributed by atoms with Crippen LogP contribution in [-0.2, 0) is 10.8 Å². The van der Waals surface area contributed by atoms with Crippen LogP contribution in [-0.4, -0.2) is 20.1 Å². The van der Waals surface area contributed by atoms with Gasteiger partial charge in [0.1, 0.15) is 11.3 Å². The fraction of sp³-hybridized carbons (Fsp3) is 0.696. The standard InChI is InChI=1S/C23H34O3Si/c1-22(2,3)18-7-6-17(21(24)25)20(26-27(4)5)19(18)23-11-14-8-15(12-23)10-16(9-14)13-23/h6-7,14-16,27H,8-13H2,1-5H3,(H,24,25). The van der Waals surface area contributed by atoms with Gasteiger partial charge in [0, 0.05) is 11.0 Å². The molecule has 1 N–H and O–H groups in total. The van der Waals surface area contributed by atoms with Crippen LogP contribution in [0.1, 0.15) is 80.8 Å². The van der Waals surface area contributed by atoms with Crippen molar-refractivity contribution in [1.29, 1.82) is 0 Å². The van der Waals surface area contributed by atoms with Gasteiger partial charge in [0.2, 0.25) is 9.04 Å². The molecule has 0 atom stereocenters. The molecule has 1 aromatic carbocycles.